The summed E-state index contributed by atoms with van der Waals surface area (Å²) in [5.41, 5.74) is 2.56. The summed E-state index contributed by atoms with van der Waals surface area (Å²) in [6.45, 7) is 0.493. The molecule has 0 saturated carbocycles. The minimum atomic E-state index is 0.0180. The number of para-hydroxylation sites is 1. The molecular weight excluding hydrogens is 318 g/mol. The van der Waals surface area contributed by atoms with Crippen LogP contribution in [-0.4, -0.2) is 32.1 Å². The molecule has 3 rings (SSSR count). The van der Waals surface area contributed by atoms with Gasteiger partial charge in [0, 0.05) is 36.2 Å². The van der Waals surface area contributed by atoms with Gasteiger partial charge in [-0.2, -0.15) is 0 Å². The van der Waals surface area contributed by atoms with Gasteiger partial charge in [0.15, 0.2) is 0 Å². The fraction of sp³-hybridized carbons (Fsp3) is 0.250. The number of carbonyl (C=O) groups excluding carboxylic acids is 1. The molecule has 0 unspecified atom stereocenters. The van der Waals surface area contributed by atoms with Crippen LogP contribution in [0.2, 0.25) is 0 Å². The van der Waals surface area contributed by atoms with Crippen molar-refractivity contribution in [1.82, 2.24) is 4.90 Å². The van der Waals surface area contributed by atoms with Gasteiger partial charge < -0.3 is 18.8 Å². The molecule has 25 heavy (non-hydrogen) atoms. The Balaban J connectivity index is 1.73. The smallest absolute Gasteiger partial charge is 0.227 e. The fourth-order valence-corrected chi connectivity index (χ4v) is 2.80. The third-order valence-electron chi connectivity index (χ3n) is 4.23. The molecule has 130 valence electrons. The average Bonchev–Trinajstić information content (AvgIpc) is 3.04. The van der Waals surface area contributed by atoms with Crippen molar-refractivity contribution in [1.29, 1.82) is 0 Å². The van der Waals surface area contributed by atoms with Crippen LogP contribution < -0.4 is 9.47 Å². The van der Waals surface area contributed by atoms with Crippen molar-refractivity contribution < 1.29 is 18.7 Å². The second-order valence-electron chi connectivity index (χ2n) is 5.86. The zero-order valence-electron chi connectivity index (χ0n) is 14.6. The van der Waals surface area contributed by atoms with E-state index in [0.29, 0.717) is 6.54 Å². The molecule has 0 bridgehead atoms. The van der Waals surface area contributed by atoms with Crippen molar-refractivity contribution in [2.24, 2.45) is 0 Å². The van der Waals surface area contributed by atoms with Crippen molar-refractivity contribution in [3.05, 3.63) is 59.9 Å². The molecule has 2 aromatic carbocycles. The van der Waals surface area contributed by atoms with E-state index in [2.05, 4.69) is 0 Å². The zero-order chi connectivity index (χ0) is 17.8. The Morgan fingerprint density at radius 2 is 1.88 bits per heavy atom. The van der Waals surface area contributed by atoms with E-state index in [1.807, 2.05) is 42.5 Å². The number of methoxy groups -OCH3 is 2. The molecule has 0 aliphatic heterocycles. The molecule has 0 spiro atoms. The second kappa shape index (κ2) is 7.30. The molecule has 0 aliphatic rings. The van der Waals surface area contributed by atoms with Gasteiger partial charge in [0.25, 0.3) is 0 Å². The van der Waals surface area contributed by atoms with Crippen LogP contribution in [0.25, 0.3) is 11.0 Å². The molecule has 0 N–H and O–H groups in total. The lowest BCUT2D eigenvalue weighted by molar-refractivity contribution is -0.129. The van der Waals surface area contributed by atoms with Gasteiger partial charge in [-0.15, -0.1) is 0 Å². The van der Waals surface area contributed by atoms with Gasteiger partial charge in [-0.1, -0.05) is 18.2 Å². The first kappa shape index (κ1) is 16.9. The zero-order valence-corrected chi connectivity index (χ0v) is 14.6. The molecular formula is C20H21NO4. The largest absolute Gasteiger partial charge is 0.497 e. The van der Waals surface area contributed by atoms with E-state index in [9.17, 15) is 4.79 Å². The van der Waals surface area contributed by atoms with Gasteiger partial charge in [-0.05, 0) is 18.2 Å². The molecule has 0 fully saturated rings. The topological polar surface area (TPSA) is 51.9 Å². The summed E-state index contributed by atoms with van der Waals surface area (Å²) < 4.78 is 16.1. The predicted molar refractivity (Wildman–Crippen MR) is 95.9 cm³/mol. The normalized spacial score (nSPS) is 10.7. The van der Waals surface area contributed by atoms with E-state index in [4.69, 9.17) is 13.9 Å². The number of hydrogen-bond donors (Lipinski definition) is 0. The van der Waals surface area contributed by atoms with Crippen LogP contribution in [-0.2, 0) is 17.8 Å². The first-order valence-electron chi connectivity index (χ1n) is 8.02. The fourth-order valence-electron chi connectivity index (χ4n) is 2.80. The lowest BCUT2D eigenvalue weighted by Crippen LogP contribution is -2.27. The van der Waals surface area contributed by atoms with Gasteiger partial charge in [-0.3, -0.25) is 4.79 Å². The van der Waals surface area contributed by atoms with Crippen molar-refractivity contribution in [3.63, 3.8) is 0 Å². The third kappa shape index (κ3) is 3.60. The third-order valence-corrected chi connectivity index (χ3v) is 4.23. The maximum absolute atomic E-state index is 12.6. The molecule has 1 heterocycles. The Morgan fingerprint density at radius 3 is 2.64 bits per heavy atom. The van der Waals surface area contributed by atoms with Crippen LogP contribution in [0.5, 0.6) is 11.5 Å². The number of carbonyl (C=O) groups is 1. The van der Waals surface area contributed by atoms with Gasteiger partial charge in [0.2, 0.25) is 5.91 Å². The van der Waals surface area contributed by atoms with E-state index < -0.39 is 0 Å². The number of rotatable bonds is 6. The van der Waals surface area contributed by atoms with E-state index in [1.165, 1.54) is 0 Å². The van der Waals surface area contributed by atoms with Gasteiger partial charge in [0.05, 0.1) is 26.9 Å². The predicted octanol–water partition coefficient (Wildman–Crippen LogP) is 3.65. The molecule has 0 atom stereocenters. The van der Waals surface area contributed by atoms with E-state index in [0.717, 1.165) is 33.6 Å². The molecule has 1 amide bonds. The monoisotopic (exact) mass is 339 g/mol. The lowest BCUT2D eigenvalue weighted by atomic mass is 10.1. The number of nitrogens with zero attached hydrogens (tertiary/aromatic N) is 1. The first-order valence-corrected chi connectivity index (χ1v) is 8.02. The van der Waals surface area contributed by atoms with E-state index in [1.54, 1.807) is 32.4 Å². The van der Waals surface area contributed by atoms with Crippen molar-refractivity contribution in [2.45, 2.75) is 13.0 Å². The summed E-state index contributed by atoms with van der Waals surface area (Å²) in [5, 5.41) is 0.930. The number of amides is 1. The van der Waals surface area contributed by atoms with Crippen LogP contribution in [0.15, 0.2) is 53.1 Å². The maximum Gasteiger partial charge on any atom is 0.227 e. The molecule has 0 radical (unpaired) electrons. The van der Waals surface area contributed by atoms with E-state index in [-0.39, 0.29) is 12.3 Å². The highest BCUT2D eigenvalue weighted by Gasteiger charge is 2.16. The van der Waals surface area contributed by atoms with Crippen LogP contribution >= 0.6 is 0 Å². The standard InChI is InChI=1S/C20H21NO4/c1-21(12-14-6-4-5-7-18(14)24-3)20(22)10-15-13-25-19-11-16(23-2)8-9-17(15)19/h4-9,11,13H,10,12H2,1-3H3. The Labute approximate surface area is 146 Å². The number of furan rings is 1. The number of hydrogen-bond acceptors (Lipinski definition) is 4. The van der Waals surface area contributed by atoms with E-state index >= 15 is 0 Å². The minimum absolute atomic E-state index is 0.0180. The molecule has 3 aromatic rings. The Kier molecular flexibility index (Phi) is 4.93. The van der Waals surface area contributed by atoms with Gasteiger partial charge in [0.1, 0.15) is 17.1 Å². The van der Waals surface area contributed by atoms with Crippen LogP contribution in [0.1, 0.15) is 11.1 Å². The summed E-state index contributed by atoms with van der Waals surface area (Å²) in [6, 6.07) is 13.3. The van der Waals surface area contributed by atoms with Crippen LogP contribution in [0.3, 0.4) is 0 Å². The average molecular weight is 339 g/mol. The number of benzene rings is 2. The quantitative estimate of drug-likeness (QED) is 0.688. The number of likely N-dealkylation sites (N-methyl/N-ethyl adjacent to an activating group) is 1. The van der Waals surface area contributed by atoms with Crippen LogP contribution in [0.4, 0.5) is 0 Å². The van der Waals surface area contributed by atoms with Gasteiger partial charge in [-0.25, -0.2) is 0 Å². The van der Waals surface area contributed by atoms with Crippen molar-refractivity contribution >= 4 is 16.9 Å². The highest BCUT2D eigenvalue weighted by atomic mass is 16.5. The Morgan fingerprint density at radius 1 is 1.08 bits per heavy atom. The SMILES string of the molecule is COc1ccc2c(CC(=O)N(C)Cc3ccccc3OC)coc2c1. The van der Waals surface area contributed by atoms with Gasteiger partial charge >= 0.3 is 0 Å². The molecule has 5 nitrogen and oxygen atoms in total. The van der Waals surface area contributed by atoms with Crippen molar-refractivity contribution in [2.75, 3.05) is 21.3 Å². The Bertz CT molecular complexity index is 884. The summed E-state index contributed by atoms with van der Waals surface area (Å²) in [4.78, 5) is 14.3. The first-order chi connectivity index (χ1) is 12.1. The summed E-state index contributed by atoms with van der Waals surface area (Å²) in [6.07, 6.45) is 1.92. The summed E-state index contributed by atoms with van der Waals surface area (Å²) in [5.74, 6) is 1.53. The highest BCUT2D eigenvalue weighted by Crippen LogP contribution is 2.26. The second-order valence-corrected chi connectivity index (χ2v) is 5.86. The van der Waals surface area contributed by atoms with Crippen LogP contribution in [0, 0.1) is 0 Å². The molecule has 0 saturated heterocycles. The highest BCUT2D eigenvalue weighted by molar-refractivity contribution is 5.88. The Hall–Kier alpha value is -2.95. The minimum Gasteiger partial charge on any atom is -0.497 e. The van der Waals surface area contributed by atoms with Crippen molar-refractivity contribution in [3.8, 4) is 11.5 Å². The number of fused-ring (bicyclic) bond motifs is 1. The summed E-state index contributed by atoms with van der Waals surface area (Å²) >= 11 is 0. The number of ether oxygens (including phenoxy) is 2. The molecule has 1 aromatic heterocycles. The lowest BCUT2D eigenvalue weighted by Gasteiger charge is -2.18. The maximum atomic E-state index is 12.6. The summed E-state index contributed by atoms with van der Waals surface area (Å²) in [7, 11) is 5.04. The molecule has 5 heteroatoms. The molecule has 0 aliphatic carbocycles.